The van der Waals surface area contributed by atoms with Gasteiger partial charge in [-0.05, 0) is 43.2 Å². The Morgan fingerprint density at radius 1 is 1.26 bits per heavy atom. The van der Waals surface area contributed by atoms with Gasteiger partial charge < -0.3 is 10.2 Å². The summed E-state index contributed by atoms with van der Waals surface area (Å²) in [4.78, 5) is 26.4. The number of hydrogen-bond donors (Lipinski definition) is 1. The summed E-state index contributed by atoms with van der Waals surface area (Å²) in [5, 5.41) is 14.7. The van der Waals surface area contributed by atoms with Gasteiger partial charge in [0.2, 0.25) is 5.91 Å². The number of pyridine rings is 1. The lowest BCUT2D eigenvalue weighted by Crippen LogP contribution is -2.38. The zero-order valence-electron chi connectivity index (χ0n) is 18.3. The molecule has 0 spiro atoms. The molecule has 0 saturated carbocycles. The Balaban J connectivity index is 1.26. The van der Waals surface area contributed by atoms with Crippen molar-refractivity contribution in [3.63, 3.8) is 0 Å². The zero-order valence-corrected chi connectivity index (χ0v) is 19.1. The minimum Gasteiger partial charge on any atom is -0.357 e. The molecule has 2 fully saturated rings. The summed E-state index contributed by atoms with van der Waals surface area (Å²) in [5.41, 5.74) is 1.61. The Kier molecular flexibility index (Phi) is 6.83. The van der Waals surface area contributed by atoms with Gasteiger partial charge in [-0.1, -0.05) is 13.8 Å². The highest BCUT2D eigenvalue weighted by atomic mass is 32.1. The molecule has 2 atom stereocenters. The first kappa shape index (κ1) is 21.7. The number of anilines is 2. The van der Waals surface area contributed by atoms with E-state index in [2.05, 4.69) is 50.4 Å². The Morgan fingerprint density at radius 3 is 2.65 bits per heavy atom. The number of piperidine rings is 2. The molecule has 2 aromatic rings. The first-order valence-electron chi connectivity index (χ1n) is 11.1. The van der Waals surface area contributed by atoms with Crippen LogP contribution in [0.2, 0.25) is 0 Å². The van der Waals surface area contributed by atoms with Crippen LogP contribution in [-0.4, -0.2) is 47.0 Å². The fraction of sp³-hybridized carbons (Fsp3) is 0.565. The molecule has 4 heterocycles. The number of nitriles is 1. The van der Waals surface area contributed by atoms with Crippen molar-refractivity contribution in [3.8, 4) is 6.07 Å². The Labute approximate surface area is 188 Å². The van der Waals surface area contributed by atoms with E-state index in [1.807, 2.05) is 6.07 Å². The molecule has 7 nitrogen and oxygen atoms in total. The molecule has 4 rings (SSSR count). The summed E-state index contributed by atoms with van der Waals surface area (Å²) in [6.45, 7) is 9.30. The van der Waals surface area contributed by atoms with Crippen molar-refractivity contribution in [3.05, 3.63) is 35.0 Å². The van der Waals surface area contributed by atoms with E-state index in [1.165, 1.54) is 17.8 Å². The van der Waals surface area contributed by atoms with Gasteiger partial charge in [0.1, 0.15) is 11.9 Å². The molecule has 164 valence electrons. The minimum atomic E-state index is -0.00854. The number of hydrogen-bond acceptors (Lipinski definition) is 7. The smallest absolute Gasteiger partial charge is 0.229 e. The summed E-state index contributed by atoms with van der Waals surface area (Å²) in [7, 11) is 0. The fourth-order valence-corrected chi connectivity index (χ4v) is 5.51. The molecule has 0 radical (unpaired) electrons. The van der Waals surface area contributed by atoms with Gasteiger partial charge in [-0.3, -0.25) is 9.69 Å². The number of carbonyl (C=O) groups is 1. The van der Waals surface area contributed by atoms with E-state index in [0.29, 0.717) is 10.7 Å². The highest BCUT2D eigenvalue weighted by Gasteiger charge is 2.27. The number of amides is 1. The van der Waals surface area contributed by atoms with Crippen LogP contribution in [0.25, 0.3) is 0 Å². The van der Waals surface area contributed by atoms with E-state index < -0.39 is 0 Å². The quantitative estimate of drug-likeness (QED) is 0.765. The molecule has 1 amide bonds. The number of thiazole rings is 1. The average molecular weight is 439 g/mol. The Hall–Kier alpha value is -2.50. The van der Waals surface area contributed by atoms with Gasteiger partial charge in [0.15, 0.2) is 5.13 Å². The first-order valence-corrected chi connectivity index (χ1v) is 12.0. The predicted octanol–water partition coefficient (Wildman–Crippen LogP) is 3.74. The van der Waals surface area contributed by atoms with Crippen LogP contribution in [-0.2, 0) is 11.3 Å². The molecule has 2 unspecified atom stereocenters. The summed E-state index contributed by atoms with van der Waals surface area (Å²) in [6, 6.07) is 5.75. The van der Waals surface area contributed by atoms with Gasteiger partial charge in [-0.15, -0.1) is 11.3 Å². The lowest BCUT2D eigenvalue weighted by Gasteiger charge is -2.34. The van der Waals surface area contributed by atoms with Gasteiger partial charge >= 0.3 is 0 Å². The van der Waals surface area contributed by atoms with E-state index >= 15 is 0 Å². The maximum atomic E-state index is 12.8. The van der Waals surface area contributed by atoms with Crippen LogP contribution in [0.5, 0.6) is 0 Å². The largest absolute Gasteiger partial charge is 0.357 e. The van der Waals surface area contributed by atoms with E-state index in [9.17, 15) is 4.79 Å². The van der Waals surface area contributed by atoms with Crippen LogP contribution >= 0.6 is 11.3 Å². The van der Waals surface area contributed by atoms with Crippen LogP contribution < -0.4 is 10.2 Å². The second-order valence-electron chi connectivity index (χ2n) is 9.05. The van der Waals surface area contributed by atoms with Crippen molar-refractivity contribution < 1.29 is 4.79 Å². The zero-order chi connectivity index (χ0) is 21.8. The third kappa shape index (κ3) is 5.60. The molecule has 1 N–H and O–H groups in total. The topological polar surface area (TPSA) is 85.2 Å². The van der Waals surface area contributed by atoms with Crippen molar-refractivity contribution in [1.82, 2.24) is 14.9 Å². The van der Waals surface area contributed by atoms with Crippen LogP contribution in [0, 0.1) is 29.1 Å². The summed E-state index contributed by atoms with van der Waals surface area (Å²) in [5.74, 6) is 2.38. The standard InChI is InChI=1S/C23H30N6OS/c1-16-9-17(2)13-28(12-16)14-20-15-31-23(26-20)27-22(30)19-5-7-29(8-6-19)21-4-3-18(10-24)11-25-21/h3-4,11,15-17,19H,5-9,12-14H2,1-2H3,(H,26,27,30). The van der Waals surface area contributed by atoms with Gasteiger partial charge in [-0.2, -0.15) is 5.26 Å². The summed E-state index contributed by atoms with van der Waals surface area (Å²) < 4.78 is 0. The number of carbonyl (C=O) groups excluding carboxylic acids is 1. The SMILES string of the molecule is CC1CC(C)CN(Cc2csc(NC(=O)C3CCN(c4ccc(C#N)cn4)CC3)n2)C1. The maximum absolute atomic E-state index is 12.8. The fourth-order valence-electron chi connectivity index (χ4n) is 4.80. The molecular formula is C23H30N6OS. The third-order valence-electron chi connectivity index (χ3n) is 6.18. The first-order chi connectivity index (χ1) is 15.0. The van der Waals surface area contributed by atoms with E-state index in [0.717, 1.165) is 68.9 Å². The third-order valence-corrected chi connectivity index (χ3v) is 6.99. The maximum Gasteiger partial charge on any atom is 0.229 e. The molecular weight excluding hydrogens is 408 g/mol. The Morgan fingerprint density at radius 2 is 2.00 bits per heavy atom. The van der Waals surface area contributed by atoms with E-state index in [4.69, 9.17) is 5.26 Å². The second-order valence-corrected chi connectivity index (χ2v) is 9.91. The van der Waals surface area contributed by atoms with E-state index in [-0.39, 0.29) is 11.8 Å². The number of rotatable bonds is 5. The normalized spacial score (nSPS) is 22.8. The average Bonchev–Trinajstić information content (AvgIpc) is 3.19. The van der Waals surface area contributed by atoms with Crippen LogP contribution in [0.15, 0.2) is 23.7 Å². The molecule has 8 heteroatoms. The molecule has 2 saturated heterocycles. The van der Waals surface area contributed by atoms with Crippen molar-refractivity contribution >= 4 is 28.2 Å². The number of nitrogens with zero attached hydrogens (tertiary/aromatic N) is 5. The van der Waals surface area contributed by atoms with Gasteiger partial charge in [-0.25, -0.2) is 9.97 Å². The lowest BCUT2D eigenvalue weighted by molar-refractivity contribution is -0.120. The number of aromatic nitrogens is 2. The van der Waals surface area contributed by atoms with Crippen molar-refractivity contribution in [2.24, 2.45) is 17.8 Å². The minimum absolute atomic E-state index is 0.00854. The molecule has 2 aromatic heterocycles. The Bertz CT molecular complexity index is 918. The van der Waals surface area contributed by atoms with Crippen LogP contribution in [0.3, 0.4) is 0 Å². The van der Waals surface area contributed by atoms with Crippen LogP contribution in [0.4, 0.5) is 10.9 Å². The molecule has 2 aliphatic heterocycles. The second kappa shape index (κ2) is 9.75. The lowest BCUT2D eigenvalue weighted by atomic mass is 9.92. The van der Waals surface area contributed by atoms with Crippen LogP contribution in [0.1, 0.15) is 44.4 Å². The molecule has 2 aliphatic rings. The highest BCUT2D eigenvalue weighted by molar-refractivity contribution is 7.13. The highest BCUT2D eigenvalue weighted by Crippen LogP contribution is 2.26. The van der Waals surface area contributed by atoms with Crippen molar-refractivity contribution in [2.45, 2.75) is 39.7 Å². The molecule has 31 heavy (non-hydrogen) atoms. The monoisotopic (exact) mass is 438 g/mol. The van der Waals surface area contributed by atoms with Crippen molar-refractivity contribution in [1.29, 1.82) is 5.26 Å². The summed E-state index contributed by atoms with van der Waals surface area (Å²) in [6.07, 6.45) is 4.47. The summed E-state index contributed by atoms with van der Waals surface area (Å²) >= 11 is 1.52. The molecule has 0 bridgehead atoms. The molecule has 0 aliphatic carbocycles. The number of nitrogens with one attached hydrogen (secondary N) is 1. The van der Waals surface area contributed by atoms with Gasteiger partial charge in [0, 0.05) is 50.2 Å². The number of likely N-dealkylation sites (tertiary alicyclic amines) is 1. The molecule has 0 aromatic carbocycles. The van der Waals surface area contributed by atoms with Gasteiger partial charge in [0.05, 0.1) is 11.3 Å². The van der Waals surface area contributed by atoms with Crippen molar-refractivity contribution in [2.75, 3.05) is 36.4 Å². The predicted molar refractivity (Wildman–Crippen MR) is 123 cm³/mol. The van der Waals surface area contributed by atoms with E-state index in [1.54, 1.807) is 12.3 Å². The van der Waals surface area contributed by atoms with Gasteiger partial charge in [0.25, 0.3) is 0 Å².